The first-order valence-electron chi connectivity index (χ1n) is 8.59. The van der Waals surface area contributed by atoms with Crippen molar-refractivity contribution in [2.45, 2.75) is 19.8 Å². The number of likely N-dealkylation sites (tertiary alicyclic amines) is 1. The minimum absolute atomic E-state index is 0.0497. The average Bonchev–Trinajstić information content (AvgIpc) is 2.62. The number of piperazine rings is 1. The molecular weight excluding hydrogens is 309 g/mol. The van der Waals surface area contributed by atoms with E-state index >= 15 is 0 Å². The summed E-state index contributed by atoms with van der Waals surface area (Å²) < 4.78 is 13.0. The molecule has 2 amide bonds. The first-order valence-corrected chi connectivity index (χ1v) is 8.59. The Bertz CT molecular complexity index is 597. The number of carbonyl (C=O) groups excluding carboxylic acids is 2. The molecule has 0 aromatic heterocycles. The number of halogens is 1. The number of hydrogen-bond donors (Lipinski definition) is 0. The van der Waals surface area contributed by atoms with E-state index in [1.807, 2.05) is 4.90 Å². The van der Waals surface area contributed by atoms with E-state index in [1.54, 1.807) is 24.0 Å². The normalized spacial score (nSPS) is 21.8. The van der Waals surface area contributed by atoms with Gasteiger partial charge in [-0.05, 0) is 37.1 Å². The lowest BCUT2D eigenvalue weighted by Crippen LogP contribution is -2.53. The molecular formula is C18H24FN3O2. The van der Waals surface area contributed by atoms with Crippen molar-refractivity contribution in [2.24, 2.45) is 5.92 Å². The third-order valence-corrected chi connectivity index (χ3v) is 5.00. The molecule has 0 N–H and O–H groups in total. The van der Waals surface area contributed by atoms with Gasteiger partial charge in [-0.2, -0.15) is 0 Å². The molecule has 24 heavy (non-hydrogen) atoms. The first-order chi connectivity index (χ1) is 11.5. The Labute approximate surface area is 142 Å². The molecule has 1 aromatic carbocycles. The topological polar surface area (TPSA) is 43.9 Å². The van der Waals surface area contributed by atoms with Gasteiger partial charge in [0.2, 0.25) is 11.8 Å². The third kappa shape index (κ3) is 3.68. The number of piperidine rings is 1. The highest BCUT2D eigenvalue weighted by molar-refractivity contribution is 5.81. The molecule has 130 valence electrons. The van der Waals surface area contributed by atoms with E-state index in [0.29, 0.717) is 19.6 Å². The van der Waals surface area contributed by atoms with Crippen LogP contribution in [0, 0.1) is 11.7 Å². The molecule has 2 saturated heterocycles. The molecule has 5 nitrogen and oxygen atoms in total. The quantitative estimate of drug-likeness (QED) is 0.828. The Morgan fingerprint density at radius 1 is 1.00 bits per heavy atom. The van der Waals surface area contributed by atoms with Crippen molar-refractivity contribution in [3.63, 3.8) is 0 Å². The molecule has 0 saturated carbocycles. The van der Waals surface area contributed by atoms with E-state index in [-0.39, 0.29) is 23.5 Å². The zero-order chi connectivity index (χ0) is 17.1. The lowest BCUT2D eigenvalue weighted by Gasteiger charge is -2.39. The van der Waals surface area contributed by atoms with Crippen molar-refractivity contribution in [1.29, 1.82) is 0 Å². The summed E-state index contributed by atoms with van der Waals surface area (Å²) in [6, 6.07) is 6.48. The fourth-order valence-electron chi connectivity index (χ4n) is 3.56. The number of anilines is 1. The molecule has 1 aromatic rings. The van der Waals surface area contributed by atoms with Gasteiger partial charge >= 0.3 is 0 Å². The van der Waals surface area contributed by atoms with Gasteiger partial charge in [0.15, 0.2) is 0 Å². The van der Waals surface area contributed by atoms with Crippen LogP contribution in [0.5, 0.6) is 0 Å². The van der Waals surface area contributed by atoms with Crippen LogP contribution in [0.2, 0.25) is 0 Å². The highest BCUT2D eigenvalue weighted by atomic mass is 19.1. The molecule has 2 aliphatic rings. The molecule has 1 atom stereocenters. The summed E-state index contributed by atoms with van der Waals surface area (Å²) in [6.07, 6.45) is 1.76. The van der Waals surface area contributed by atoms with E-state index in [0.717, 1.165) is 38.2 Å². The Morgan fingerprint density at radius 2 is 1.67 bits per heavy atom. The van der Waals surface area contributed by atoms with Crippen LogP contribution in [0.1, 0.15) is 19.8 Å². The smallest absolute Gasteiger partial charge is 0.227 e. The second kappa shape index (κ2) is 7.20. The summed E-state index contributed by atoms with van der Waals surface area (Å²) in [5.74, 6) is -0.0896. The van der Waals surface area contributed by atoms with Crippen molar-refractivity contribution in [1.82, 2.24) is 9.80 Å². The van der Waals surface area contributed by atoms with Crippen molar-refractivity contribution in [3.05, 3.63) is 30.1 Å². The number of benzene rings is 1. The SMILES string of the molecule is CC(=O)N1CCC[C@H](C(=O)N2CCN(c3ccc(F)cc3)CC2)C1. The average molecular weight is 333 g/mol. The number of hydrogen-bond acceptors (Lipinski definition) is 3. The Morgan fingerprint density at radius 3 is 2.29 bits per heavy atom. The maximum absolute atomic E-state index is 13.0. The lowest BCUT2D eigenvalue weighted by molar-refractivity contribution is -0.140. The van der Waals surface area contributed by atoms with E-state index < -0.39 is 0 Å². The van der Waals surface area contributed by atoms with Crippen LogP contribution in [-0.4, -0.2) is 60.9 Å². The fraction of sp³-hybridized carbons (Fsp3) is 0.556. The lowest BCUT2D eigenvalue weighted by atomic mass is 9.96. The first kappa shape index (κ1) is 16.7. The minimum atomic E-state index is -0.236. The van der Waals surface area contributed by atoms with Gasteiger partial charge in [0.05, 0.1) is 5.92 Å². The summed E-state index contributed by atoms with van der Waals surface area (Å²) in [5, 5.41) is 0. The van der Waals surface area contributed by atoms with E-state index in [9.17, 15) is 14.0 Å². The zero-order valence-electron chi connectivity index (χ0n) is 14.1. The van der Waals surface area contributed by atoms with Gasteiger partial charge in [-0.25, -0.2) is 4.39 Å². The third-order valence-electron chi connectivity index (χ3n) is 5.00. The van der Waals surface area contributed by atoms with Gasteiger partial charge < -0.3 is 14.7 Å². The van der Waals surface area contributed by atoms with E-state index in [2.05, 4.69) is 4.90 Å². The minimum Gasteiger partial charge on any atom is -0.368 e. The molecule has 0 radical (unpaired) electrons. The number of rotatable bonds is 2. The van der Waals surface area contributed by atoms with Crippen LogP contribution in [0.15, 0.2) is 24.3 Å². The van der Waals surface area contributed by atoms with Gasteiger partial charge in [0.25, 0.3) is 0 Å². The maximum atomic E-state index is 13.0. The molecule has 0 unspecified atom stereocenters. The summed E-state index contributed by atoms with van der Waals surface area (Å²) in [4.78, 5) is 30.1. The molecule has 0 spiro atoms. The van der Waals surface area contributed by atoms with Crippen molar-refractivity contribution in [2.75, 3.05) is 44.2 Å². The molecule has 2 heterocycles. The summed E-state index contributed by atoms with van der Waals surface area (Å²) in [7, 11) is 0. The molecule has 0 aliphatic carbocycles. The standard InChI is InChI=1S/C18H24FN3O2/c1-14(23)22-8-2-3-15(13-22)18(24)21-11-9-20(10-12-21)17-6-4-16(19)5-7-17/h4-7,15H,2-3,8-13H2,1H3/t15-/m0/s1. The van der Waals surface area contributed by atoms with Gasteiger partial charge in [0.1, 0.15) is 5.82 Å². The second-order valence-corrected chi connectivity index (χ2v) is 6.59. The molecule has 2 aliphatic heterocycles. The van der Waals surface area contributed by atoms with Gasteiger partial charge in [0, 0.05) is 51.9 Å². The second-order valence-electron chi connectivity index (χ2n) is 6.59. The van der Waals surface area contributed by atoms with Crippen LogP contribution in [0.3, 0.4) is 0 Å². The highest BCUT2D eigenvalue weighted by Crippen LogP contribution is 2.21. The van der Waals surface area contributed by atoms with Crippen LogP contribution in [0.25, 0.3) is 0 Å². The van der Waals surface area contributed by atoms with Gasteiger partial charge in [-0.1, -0.05) is 0 Å². The van der Waals surface area contributed by atoms with Crippen molar-refractivity contribution >= 4 is 17.5 Å². The van der Waals surface area contributed by atoms with Crippen molar-refractivity contribution in [3.8, 4) is 0 Å². The number of carbonyl (C=O) groups is 2. The van der Waals surface area contributed by atoms with Gasteiger partial charge in [-0.3, -0.25) is 9.59 Å². The number of nitrogens with zero attached hydrogens (tertiary/aromatic N) is 3. The molecule has 2 fully saturated rings. The summed E-state index contributed by atoms with van der Waals surface area (Å²) in [6.45, 7) is 5.72. The van der Waals surface area contributed by atoms with Crippen LogP contribution < -0.4 is 4.90 Å². The molecule has 0 bridgehead atoms. The Hall–Kier alpha value is -2.11. The van der Waals surface area contributed by atoms with Crippen LogP contribution in [0.4, 0.5) is 10.1 Å². The summed E-state index contributed by atoms with van der Waals surface area (Å²) in [5.41, 5.74) is 0.990. The highest BCUT2D eigenvalue weighted by Gasteiger charge is 2.31. The van der Waals surface area contributed by atoms with Crippen molar-refractivity contribution < 1.29 is 14.0 Å². The summed E-state index contributed by atoms with van der Waals surface area (Å²) >= 11 is 0. The van der Waals surface area contributed by atoms with E-state index in [4.69, 9.17) is 0 Å². The van der Waals surface area contributed by atoms with Crippen LogP contribution >= 0.6 is 0 Å². The molecule has 6 heteroatoms. The Kier molecular flexibility index (Phi) is 5.02. The maximum Gasteiger partial charge on any atom is 0.227 e. The predicted octanol–water partition coefficient (Wildman–Crippen LogP) is 1.73. The van der Waals surface area contributed by atoms with Gasteiger partial charge in [-0.15, -0.1) is 0 Å². The fourth-order valence-corrected chi connectivity index (χ4v) is 3.56. The predicted molar refractivity (Wildman–Crippen MR) is 90.2 cm³/mol. The largest absolute Gasteiger partial charge is 0.368 e. The Balaban J connectivity index is 1.55. The number of amides is 2. The zero-order valence-corrected chi connectivity index (χ0v) is 14.1. The monoisotopic (exact) mass is 333 g/mol. The van der Waals surface area contributed by atoms with Crippen LogP contribution in [-0.2, 0) is 9.59 Å². The van der Waals surface area contributed by atoms with E-state index in [1.165, 1.54) is 12.1 Å². The molecule has 3 rings (SSSR count).